The van der Waals surface area contributed by atoms with Crippen LogP contribution in [0.5, 0.6) is 0 Å². The van der Waals surface area contributed by atoms with E-state index in [9.17, 15) is 20.1 Å². The summed E-state index contributed by atoms with van der Waals surface area (Å²) in [4.78, 5) is 33.3. The predicted molar refractivity (Wildman–Crippen MR) is 158 cm³/mol. The smallest absolute Gasteiger partial charge is 0.237 e. The average Bonchev–Trinajstić information content (AvgIpc) is 3.33. The van der Waals surface area contributed by atoms with Gasteiger partial charge in [0.05, 0.1) is 0 Å². The molecule has 2 amide bonds. The number of piperidine rings is 1. The molecule has 2 N–H and O–H groups in total. The molecule has 0 bridgehead atoms. The zero-order valence-corrected chi connectivity index (χ0v) is 24.1. The summed E-state index contributed by atoms with van der Waals surface area (Å²) in [6, 6.07) is 18.2. The van der Waals surface area contributed by atoms with Gasteiger partial charge in [-0.15, -0.1) is 0 Å². The number of carbonyl (C=O) groups is 2. The van der Waals surface area contributed by atoms with Gasteiger partial charge in [-0.2, -0.15) is 10.5 Å². The molecule has 9 nitrogen and oxygen atoms in total. The molecule has 2 aliphatic rings. The van der Waals surface area contributed by atoms with Gasteiger partial charge in [-0.25, -0.2) is 0 Å². The molecule has 0 saturated carbocycles. The van der Waals surface area contributed by atoms with E-state index in [4.69, 9.17) is 5.73 Å². The van der Waals surface area contributed by atoms with Gasteiger partial charge in [0.2, 0.25) is 11.8 Å². The molecule has 214 valence electrons. The lowest BCUT2D eigenvalue weighted by molar-refractivity contribution is -0.122. The number of carbonyl (C=O) groups excluding carboxylic acids is 2. The molecule has 0 spiro atoms. The Bertz CT molecular complexity index is 1340. The molecular formula is C32H39N7O2. The Hall–Kier alpha value is -4.34. The van der Waals surface area contributed by atoms with Gasteiger partial charge in [0.1, 0.15) is 24.5 Å². The molecule has 0 aromatic heterocycles. The van der Waals surface area contributed by atoms with Crippen LogP contribution in [0.3, 0.4) is 0 Å². The van der Waals surface area contributed by atoms with Crippen molar-refractivity contribution in [1.29, 1.82) is 10.5 Å². The van der Waals surface area contributed by atoms with Gasteiger partial charge < -0.3 is 20.4 Å². The maximum absolute atomic E-state index is 13.5. The first kappa shape index (κ1) is 29.6. The summed E-state index contributed by atoms with van der Waals surface area (Å²) in [5.41, 5.74) is 10.7. The second-order valence-electron chi connectivity index (χ2n) is 11.0. The summed E-state index contributed by atoms with van der Waals surface area (Å²) in [5, 5.41) is 19.4. The van der Waals surface area contributed by atoms with Gasteiger partial charge in [-0.1, -0.05) is 47.9 Å². The van der Waals surface area contributed by atoms with Crippen molar-refractivity contribution in [2.75, 3.05) is 44.2 Å². The minimum absolute atomic E-state index is 0.0266. The molecule has 2 aromatic rings. The van der Waals surface area contributed by atoms with Gasteiger partial charge in [0, 0.05) is 44.8 Å². The monoisotopic (exact) mass is 553 g/mol. The fraction of sp³-hybridized carbons (Fsp3) is 0.438. The number of nitrogens with two attached hydrogens (primary N) is 1. The number of allylic oxidation sites excluding steroid dienone is 1. The number of rotatable bonds is 10. The summed E-state index contributed by atoms with van der Waals surface area (Å²) in [6.07, 6.45) is 3.76. The van der Waals surface area contributed by atoms with Crippen LogP contribution in [-0.4, -0.2) is 65.8 Å². The van der Waals surface area contributed by atoms with Crippen molar-refractivity contribution in [2.24, 2.45) is 5.73 Å². The number of benzene rings is 2. The summed E-state index contributed by atoms with van der Waals surface area (Å²) >= 11 is 0. The molecule has 2 saturated heterocycles. The summed E-state index contributed by atoms with van der Waals surface area (Å²) in [6.45, 7) is 8.90. The topological polar surface area (TPSA) is 121 Å². The highest BCUT2D eigenvalue weighted by Gasteiger charge is 2.30. The maximum Gasteiger partial charge on any atom is 0.237 e. The van der Waals surface area contributed by atoms with Crippen LogP contribution in [0.4, 0.5) is 5.69 Å². The van der Waals surface area contributed by atoms with Crippen molar-refractivity contribution in [2.45, 2.75) is 52.6 Å². The number of anilines is 1. The van der Waals surface area contributed by atoms with Crippen LogP contribution in [0, 0.1) is 36.5 Å². The quantitative estimate of drug-likeness (QED) is 0.447. The zero-order valence-electron chi connectivity index (χ0n) is 24.1. The first-order valence-corrected chi connectivity index (χ1v) is 14.3. The van der Waals surface area contributed by atoms with Crippen LogP contribution in [0.25, 0.3) is 0 Å². The third kappa shape index (κ3) is 7.87. The third-order valence-electron chi connectivity index (χ3n) is 7.63. The molecule has 2 aliphatic heterocycles. The number of hydrogen-bond acceptors (Lipinski definition) is 7. The maximum atomic E-state index is 13.5. The number of nitriles is 2. The van der Waals surface area contributed by atoms with Crippen LogP contribution in [0.2, 0.25) is 0 Å². The lowest BCUT2D eigenvalue weighted by Crippen LogP contribution is -2.40. The molecule has 4 rings (SSSR count). The zero-order chi connectivity index (χ0) is 29.4. The molecule has 9 heteroatoms. The minimum Gasteiger partial charge on any atom is -0.368 e. The highest BCUT2D eigenvalue weighted by molar-refractivity contribution is 5.98. The van der Waals surface area contributed by atoms with Gasteiger partial charge in [-0.05, 0) is 63.0 Å². The molecule has 0 aliphatic carbocycles. The molecule has 0 radical (unpaired) electrons. The van der Waals surface area contributed by atoms with Crippen LogP contribution >= 0.6 is 0 Å². The SMILES string of the molecule is Cc1cc(C)cc(CN2CCN(CCC(=O)N(CC(N)=O)c3cccc(CN4CCCCC4)c3)C2=C(C#N)C#N)c1. The third-order valence-corrected chi connectivity index (χ3v) is 7.63. The van der Waals surface area contributed by atoms with E-state index < -0.39 is 5.91 Å². The van der Waals surface area contributed by atoms with E-state index in [-0.39, 0.29) is 24.4 Å². The second kappa shape index (κ2) is 13.8. The number of hydrogen-bond donors (Lipinski definition) is 1. The molecule has 2 aromatic carbocycles. The van der Waals surface area contributed by atoms with E-state index in [0.29, 0.717) is 37.7 Å². The van der Waals surface area contributed by atoms with E-state index in [0.717, 1.165) is 41.9 Å². The van der Waals surface area contributed by atoms with E-state index in [1.165, 1.54) is 24.2 Å². The van der Waals surface area contributed by atoms with Crippen LogP contribution in [0.1, 0.15) is 47.9 Å². The second-order valence-corrected chi connectivity index (χ2v) is 11.0. The van der Waals surface area contributed by atoms with Gasteiger partial charge in [0.25, 0.3) is 0 Å². The minimum atomic E-state index is -0.586. The fourth-order valence-electron chi connectivity index (χ4n) is 5.89. The summed E-state index contributed by atoms with van der Waals surface area (Å²) in [7, 11) is 0. The van der Waals surface area contributed by atoms with E-state index in [1.807, 2.05) is 60.1 Å². The van der Waals surface area contributed by atoms with Gasteiger partial charge in [-0.3, -0.25) is 14.5 Å². The molecule has 41 heavy (non-hydrogen) atoms. The average molecular weight is 554 g/mol. The lowest BCUT2D eigenvalue weighted by Gasteiger charge is -2.28. The molecule has 0 atom stereocenters. The van der Waals surface area contributed by atoms with Gasteiger partial charge in [0.15, 0.2) is 5.57 Å². The highest BCUT2D eigenvalue weighted by atomic mass is 16.2. The molecule has 2 heterocycles. The van der Waals surface area contributed by atoms with E-state index >= 15 is 0 Å². The van der Waals surface area contributed by atoms with Crippen molar-refractivity contribution < 1.29 is 9.59 Å². The Morgan fingerprint density at radius 3 is 2.22 bits per heavy atom. The predicted octanol–water partition coefficient (Wildman–Crippen LogP) is 3.57. The number of amides is 2. The Kier molecular flexibility index (Phi) is 10.00. The molecule has 2 fully saturated rings. The van der Waals surface area contributed by atoms with E-state index in [2.05, 4.69) is 23.1 Å². The number of aryl methyl sites for hydroxylation is 2. The van der Waals surface area contributed by atoms with Crippen molar-refractivity contribution in [3.05, 3.63) is 76.1 Å². The first-order chi connectivity index (χ1) is 19.8. The summed E-state index contributed by atoms with van der Waals surface area (Å²) in [5.74, 6) is -0.272. The molecular weight excluding hydrogens is 514 g/mol. The Balaban J connectivity index is 1.49. The number of likely N-dealkylation sites (tertiary alicyclic amines) is 1. The molecule has 0 unspecified atom stereocenters. The van der Waals surface area contributed by atoms with E-state index in [1.54, 1.807) is 0 Å². The first-order valence-electron chi connectivity index (χ1n) is 14.3. The van der Waals surface area contributed by atoms with Crippen molar-refractivity contribution in [1.82, 2.24) is 14.7 Å². The standard InChI is InChI=1S/C32H39N7O2/c1-24-15-25(2)17-27(16-24)22-38-14-13-37(32(38)28(19-33)20-34)12-9-31(41)39(23-30(35)40)29-8-6-7-26(18-29)21-36-10-4-3-5-11-36/h6-8,15-18H,3-5,9-14,21-23H2,1-2H3,(H2,35,40). The van der Waals surface area contributed by atoms with Crippen LogP contribution in [-0.2, 0) is 22.7 Å². The Morgan fingerprint density at radius 2 is 1.56 bits per heavy atom. The Morgan fingerprint density at radius 1 is 0.878 bits per heavy atom. The normalized spacial score (nSPS) is 15.4. The van der Waals surface area contributed by atoms with Crippen LogP contribution < -0.4 is 10.6 Å². The van der Waals surface area contributed by atoms with Crippen molar-refractivity contribution in [3.8, 4) is 12.1 Å². The van der Waals surface area contributed by atoms with Crippen LogP contribution in [0.15, 0.2) is 53.9 Å². The number of nitrogens with zero attached hydrogens (tertiary/aromatic N) is 6. The van der Waals surface area contributed by atoms with Crippen molar-refractivity contribution in [3.63, 3.8) is 0 Å². The highest BCUT2D eigenvalue weighted by Crippen LogP contribution is 2.26. The van der Waals surface area contributed by atoms with Gasteiger partial charge >= 0.3 is 0 Å². The largest absolute Gasteiger partial charge is 0.368 e. The van der Waals surface area contributed by atoms with Crippen molar-refractivity contribution >= 4 is 17.5 Å². The summed E-state index contributed by atoms with van der Waals surface area (Å²) < 4.78 is 0. The lowest BCUT2D eigenvalue weighted by atomic mass is 10.1. The Labute approximate surface area is 243 Å². The fourth-order valence-corrected chi connectivity index (χ4v) is 5.89. The number of primary amides is 1.